The standard InChI is InChI=1S/C16H13N3O2/c20-14(11-19-10-2-1-8-15(19)21)18-13-7-3-5-12-6-4-9-17-16(12)13/h1-10H,11H2,(H,18,20). The molecule has 5 nitrogen and oxygen atoms in total. The van der Waals surface area contributed by atoms with Crippen LogP contribution in [-0.4, -0.2) is 15.5 Å². The third kappa shape index (κ3) is 2.81. The summed E-state index contributed by atoms with van der Waals surface area (Å²) in [6.45, 7) is -0.0249. The van der Waals surface area contributed by atoms with E-state index in [1.165, 1.54) is 10.6 Å². The number of aromatic nitrogens is 2. The molecule has 0 saturated carbocycles. The summed E-state index contributed by atoms with van der Waals surface area (Å²) >= 11 is 0. The summed E-state index contributed by atoms with van der Waals surface area (Å²) in [4.78, 5) is 27.9. The van der Waals surface area contributed by atoms with E-state index in [9.17, 15) is 9.59 Å². The average molecular weight is 279 g/mol. The van der Waals surface area contributed by atoms with Crippen LogP contribution in [0.1, 0.15) is 0 Å². The average Bonchev–Trinajstić information content (AvgIpc) is 2.50. The van der Waals surface area contributed by atoms with Gasteiger partial charge in [-0.05, 0) is 18.2 Å². The molecule has 0 fully saturated rings. The molecule has 0 aliphatic heterocycles. The van der Waals surface area contributed by atoms with Crippen molar-refractivity contribution >= 4 is 22.5 Å². The Morgan fingerprint density at radius 2 is 1.95 bits per heavy atom. The highest BCUT2D eigenvalue weighted by atomic mass is 16.2. The number of carbonyl (C=O) groups excluding carboxylic acids is 1. The first-order chi connectivity index (χ1) is 10.2. The Morgan fingerprint density at radius 3 is 2.81 bits per heavy atom. The van der Waals surface area contributed by atoms with E-state index < -0.39 is 0 Å². The number of benzene rings is 1. The van der Waals surface area contributed by atoms with Crippen LogP contribution < -0.4 is 10.9 Å². The van der Waals surface area contributed by atoms with Gasteiger partial charge < -0.3 is 9.88 Å². The van der Waals surface area contributed by atoms with Crippen molar-refractivity contribution in [2.24, 2.45) is 0 Å². The molecule has 0 spiro atoms. The fraction of sp³-hybridized carbons (Fsp3) is 0.0625. The molecule has 5 heteroatoms. The van der Waals surface area contributed by atoms with Crippen molar-refractivity contribution in [3.8, 4) is 0 Å². The number of anilines is 1. The second kappa shape index (κ2) is 5.58. The van der Waals surface area contributed by atoms with E-state index in [4.69, 9.17) is 0 Å². The summed E-state index contributed by atoms with van der Waals surface area (Å²) in [5, 5.41) is 3.75. The molecular weight excluding hydrogens is 266 g/mol. The minimum absolute atomic E-state index is 0.0249. The van der Waals surface area contributed by atoms with Crippen molar-refractivity contribution in [1.29, 1.82) is 0 Å². The van der Waals surface area contributed by atoms with E-state index in [0.29, 0.717) is 5.69 Å². The lowest BCUT2D eigenvalue weighted by atomic mass is 10.2. The van der Waals surface area contributed by atoms with Gasteiger partial charge in [0, 0.05) is 23.8 Å². The maximum atomic E-state index is 12.1. The van der Waals surface area contributed by atoms with Crippen molar-refractivity contribution in [2.75, 3.05) is 5.32 Å². The molecule has 0 unspecified atom stereocenters. The zero-order chi connectivity index (χ0) is 14.7. The lowest BCUT2D eigenvalue weighted by Gasteiger charge is -2.09. The van der Waals surface area contributed by atoms with E-state index in [1.54, 1.807) is 30.6 Å². The highest BCUT2D eigenvalue weighted by molar-refractivity contribution is 6.00. The molecular formula is C16H13N3O2. The van der Waals surface area contributed by atoms with Gasteiger partial charge in [-0.2, -0.15) is 0 Å². The molecule has 1 amide bonds. The Morgan fingerprint density at radius 1 is 1.10 bits per heavy atom. The molecule has 0 aliphatic carbocycles. The largest absolute Gasteiger partial charge is 0.323 e. The highest BCUT2D eigenvalue weighted by Gasteiger charge is 2.07. The second-order valence-corrected chi connectivity index (χ2v) is 4.60. The Labute approximate surface area is 120 Å². The lowest BCUT2D eigenvalue weighted by Crippen LogP contribution is -2.26. The molecule has 0 aliphatic rings. The van der Waals surface area contributed by atoms with Crippen LogP contribution in [0.15, 0.2) is 65.7 Å². The van der Waals surface area contributed by atoms with Crippen LogP contribution >= 0.6 is 0 Å². The van der Waals surface area contributed by atoms with Gasteiger partial charge in [-0.25, -0.2) is 0 Å². The molecule has 1 aromatic carbocycles. The van der Waals surface area contributed by atoms with Crippen LogP contribution in [0.3, 0.4) is 0 Å². The monoisotopic (exact) mass is 279 g/mol. The van der Waals surface area contributed by atoms with E-state index in [0.717, 1.165) is 10.9 Å². The summed E-state index contributed by atoms with van der Waals surface area (Å²) in [5.41, 5.74) is 1.17. The molecule has 3 rings (SSSR count). The smallest absolute Gasteiger partial charge is 0.250 e. The van der Waals surface area contributed by atoms with Gasteiger partial charge in [-0.3, -0.25) is 14.6 Å². The van der Waals surface area contributed by atoms with Gasteiger partial charge in [0.1, 0.15) is 6.54 Å². The van der Waals surface area contributed by atoms with Crippen LogP contribution in [0, 0.1) is 0 Å². The quantitative estimate of drug-likeness (QED) is 0.798. The zero-order valence-electron chi connectivity index (χ0n) is 11.2. The summed E-state index contributed by atoms with van der Waals surface area (Å²) in [6.07, 6.45) is 3.27. The number of amides is 1. The summed E-state index contributed by atoms with van der Waals surface area (Å²) in [7, 11) is 0. The number of para-hydroxylation sites is 1. The normalized spacial score (nSPS) is 10.5. The highest BCUT2D eigenvalue weighted by Crippen LogP contribution is 2.20. The Balaban J connectivity index is 1.84. The molecule has 1 N–H and O–H groups in total. The first kappa shape index (κ1) is 13.1. The van der Waals surface area contributed by atoms with Gasteiger partial charge in [0.25, 0.3) is 5.56 Å². The van der Waals surface area contributed by atoms with Crippen molar-refractivity contribution in [3.63, 3.8) is 0 Å². The van der Waals surface area contributed by atoms with E-state index in [1.807, 2.05) is 24.3 Å². The van der Waals surface area contributed by atoms with Gasteiger partial charge in [0.15, 0.2) is 0 Å². The topological polar surface area (TPSA) is 64.0 Å². The fourth-order valence-corrected chi connectivity index (χ4v) is 2.14. The summed E-state index contributed by atoms with van der Waals surface area (Å²) in [5.74, 6) is -0.263. The molecule has 0 radical (unpaired) electrons. The first-order valence-electron chi connectivity index (χ1n) is 6.53. The predicted molar refractivity (Wildman–Crippen MR) is 81.1 cm³/mol. The predicted octanol–water partition coefficient (Wildman–Crippen LogP) is 2.04. The Kier molecular flexibility index (Phi) is 3.47. The third-order valence-electron chi connectivity index (χ3n) is 3.12. The van der Waals surface area contributed by atoms with Crippen molar-refractivity contribution in [1.82, 2.24) is 9.55 Å². The molecule has 0 atom stereocenters. The van der Waals surface area contributed by atoms with E-state index in [-0.39, 0.29) is 18.0 Å². The fourth-order valence-electron chi connectivity index (χ4n) is 2.14. The number of carbonyl (C=O) groups is 1. The molecule has 2 aromatic heterocycles. The minimum atomic E-state index is -0.263. The maximum absolute atomic E-state index is 12.1. The van der Waals surface area contributed by atoms with Crippen molar-refractivity contribution in [2.45, 2.75) is 6.54 Å². The summed E-state index contributed by atoms with van der Waals surface area (Å²) < 4.78 is 1.36. The minimum Gasteiger partial charge on any atom is -0.323 e. The number of hydrogen-bond donors (Lipinski definition) is 1. The number of nitrogens with one attached hydrogen (secondary N) is 1. The van der Waals surface area contributed by atoms with Crippen LogP contribution in [0.25, 0.3) is 10.9 Å². The maximum Gasteiger partial charge on any atom is 0.250 e. The van der Waals surface area contributed by atoms with Crippen molar-refractivity contribution in [3.05, 3.63) is 71.3 Å². The molecule has 0 saturated heterocycles. The number of pyridine rings is 2. The van der Waals surface area contributed by atoms with Gasteiger partial charge >= 0.3 is 0 Å². The van der Waals surface area contributed by atoms with Crippen LogP contribution in [0.2, 0.25) is 0 Å². The van der Waals surface area contributed by atoms with Gasteiger partial charge in [-0.1, -0.05) is 24.3 Å². The third-order valence-corrected chi connectivity index (χ3v) is 3.12. The van der Waals surface area contributed by atoms with Crippen LogP contribution in [-0.2, 0) is 11.3 Å². The summed E-state index contributed by atoms with van der Waals surface area (Å²) in [6, 6.07) is 14.1. The van der Waals surface area contributed by atoms with Crippen LogP contribution in [0.4, 0.5) is 5.69 Å². The Bertz CT molecular complexity index is 850. The molecule has 21 heavy (non-hydrogen) atoms. The van der Waals surface area contributed by atoms with Crippen molar-refractivity contribution < 1.29 is 4.79 Å². The number of rotatable bonds is 3. The second-order valence-electron chi connectivity index (χ2n) is 4.60. The van der Waals surface area contributed by atoms with Gasteiger partial charge in [0.2, 0.25) is 5.91 Å². The first-order valence-corrected chi connectivity index (χ1v) is 6.53. The van der Waals surface area contributed by atoms with Gasteiger partial charge in [-0.15, -0.1) is 0 Å². The zero-order valence-corrected chi connectivity index (χ0v) is 11.2. The number of nitrogens with zero attached hydrogens (tertiary/aromatic N) is 2. The van der Waals surface area contributed by atoms with Crippen LogP contribution in [0.5, 0.6) is 0 Å². The molecule has 0 bridgehead atoms. The molecule has 3 aromatic rings. The number of fused-ring (bicyclic) bond motifs is 1. The van der Waals surface area contributed by atoms with E-state index in [2.05, 4.69) is 10.3 Å². The van der Waals surface area contributed by atoms with Gasteiger partial charge in [0.05, 0.1) is 11.2 Å². The molecule has 2 heterocycles. The molecule has 104 valence electrons. The Hall–Kier alpha value is -2.95. The lowest BCUT2D eigenvalue weighted by molar-refractivity contribution is -0.116. The van der Waals surface area contributed by atoms with E-state index >= 15 is 0 Å². The SMILES string of the molecule is O=C(Cn1ccccc1=O)Nc1cccc2cccnc12. The number of hydrogen-bond acceptors (Lipinski definition) is 3.